The van der Waals surface area contributed by atoms with E-state index < -0.39 is 16.0 Å². The summed E-state index contributed by atoms with van der Waals surface area (Å²) in [5.41, 5.74) is 0. The molecule has 1 heterocycles. The fourth-order valence-corrected chi connectivity index (χ4v) is 5.27. The van der Waals surface area contributed by atoms with Gasteiger partial charge in [-0.05, 0) is 25.7 Å². The molecule has 6 heteroatoms. The van der Waals surface area contributed by atoms with E-state index in [2.05, 4.69) is 0 Å². The van der Waals surface area contributed by atoms with Crippen molar-refractivity contribution in [2.75, 3.05) is 6.54 Å². The van der Waals surface area contributed by atoms with Crippen LogP contribution >= 0.6 is 0 Å². The zero-order chi connectivity index (χ0) is 13.9. The lowest BCUT2D eigenvalue weighted by Crippen LogP contribution is -2.41. The maximum Gasteiger partial charge on any atom is 0.328 e. The summed E-state index contributed by atoms with van der Waals surface area (Å²) < 4.78 is 26.7. The lowest BCUT2D eigenvalue weighted by atomic mass is 10.0. The third-order valence-electron chi connectivity index (χ3n) is 4.01. The van der Waals surface area contributed by atoms with Gasteiger partial charge >= 0.3 is 5.97 Å². The van der Waals surface area contributed by atoms with Gasteiger partial charge in [-0.2, -0.15) is 4.31 Å². The zero-order valence-corrected chi connectivity index (χ0v) is 11.8. The molecule has 0 spiro atoms. The summed E-state index contributed by atoms with van der Waals surface area (Å²) in [5, 5.41) is 8.39. The molecule has 5 nitrogen and oxygen atoms in total. The third-order valence-corrected chi connectivity index (χ3v) is 6.43. The molecule has 0 radical (unpaired) electrons. The van der Waals surface area contributed by atoms with Crippen molar-refractivity contribution in [3.8, 4) is 0 Å². The summed E-state index contributed by atoms with van der Waals surface area (Å²) in [6, 6.07) is -0.275. The molecule has 1 atom stereocenters. The van der Waals surface area contributed by atoms with E-state index in [4.69, 9.17) is 5.11 Å². The smallest absolute Gasteiger partial charge is 0.328 e. The Hall–Kier alpha value is -0.880. The molecule has 19 heavy (non-hydrogen) atoms. The monoisotopic (exact) mass is 287 g/mol. The van der Waals surface area contributed by atoms with Crippen LogP contribution in [0.2, 0.25) is 0 Å². The molecule has 0 amide bonds. The fraction of sp³-hybridized carbons (Fsp3) is 0.769. The van der Waals surface area contributed by atoms with Crippen molar-refractivity contribution in [3.05, 3.63) is 12.2 Å². The van der Waals surface area contributed by atoms with Crippen LogP contribution in [0.3, 0.4) is 0 Å². The van der Waals surface area contributed by atoms with E-state index in [1.54, 1.807) is 0 Å². The molecule has 1 aliphatic carbocycles. The van der Waals surface area contributed by atoms with Gasteiger partial charge in [0.15, 0.2) is 0 Å². The zero-order valence-electron chi connectivity index (χ0n) is 11.0. The number of hydrogen-bond donors (Lipinski definition) is 1. The first-order valence-electron chi connectivity index (χ1n) is 6.93. The average molecular weight is 287 g/mol. The van der Waals surface area contributed by atoms with Crippen molar-refractivity contribution in [2.45, 2.75) is 56.2 Å². The summed E-state index contributed by atoms with van der Waals surface area (Å²) in [5.74, 6) is -1.03. The van der Waals surface area contributed by atoms with Crippen LogP contribution in [0.1, 0.15) is 44.9 Å². The molecule has 0 aromatic carbocycles. The van der Waals surface area contributed by atoms with Gasteiger partial charge in [-0.15, -0.1) is 0 Å². The van der Waals surface area contributed by atoms with Crippen LogP contribution in [-0.4, -0.2) is 41.6 Å². The minimum absolute atomic E-state index is 0.264. The topological polar surface area (TPSA) is 74.7 Å². The van der Waals surface area contributed by atoms with Crippen molar-refractivity contribution >= 4 is 16.0 Å². The molecule has 1 unspecified atom stereocenters. The van der Waals surface area contributed by atoms with Crippen molar-refractivity contribution in [3.63, 3.8) is 0 Å². The minimum atomic E-state index is -3.27. The van der Waals surface area contributed by atoms with Crippen LogP contribution in [0.5, 0.6) is 0 Å². The quantitative estimate of drug-likeness (QED) is 0.799. The lowest BCUT2D eigenvalue weighted by molar-refractivity contribution is -0.131. The Morgan fingerprint density at radius 3 is 2.42 bits per heavy atom. The number of carboxylic acid groups (broad SMARTS) is 1. The first kappa shape index (κ1) is 14.5. The highest BCUT2D eigenvalue weighted by molar-refractivity contribution is 7.89. The Morgan fingerprint density at radius 1 is 1.11 bits per heavy atom. The van der Waals surface area contributed by atoms with E-state index in [0.717, 1.165) is 51.0 Å². The van der Waals surface area contributed by atoms with E-state index in [1.807, 2.05) is 0 Å². The normalized spacial score (nSPS) is 27.1. The second-order valence-electron chi connectivity index (χ2n) is 5.32. The molecular formula is C13H21NO4S. The minimum Gasteiger partial charge on any atom is -0.478 e. The molecule has 1 aliphatic heterocycles. The maximum absolute atomic E-state index is 12.6. The van der Waals surface area contributed by atoms with Gasteiger partial charge in [0.05, 0.1) is 5.25 Å². The van der Waals surface area contributed by atoms with E-state index in [1.165, 1.54) is 10.4 Å². The Morgan fingerprint density at radius 2 is 1.79 bits per heavy atom. The molecule has 0 aromatic rings. The molecule has 0 aromatic heterocycles. The maximum atomic E-state index is 12.6. The molecule has 1 N–H and O–H groups in total. The summed E-state index contributed by atoms with van der Waals surface area (Å²) >= 11 is 0. The highest BCUT2D eigenvalue weighted by Gasteiger charge is 2.38. The number of rotatable bonds is 4. The Labute approximate surface area is 114 Å². The summed E-state index contributed by atoms with van der Waals surface area (Å²) in [6.07, 6.45) is 8.66. The molecule has 1 saturated carbocycles. The van der Waals surface area contributed by atoms with Gasteiger partial charge in [0.2, 0.25) is 10.0 Å². The second kappa shape index (κ2) is 6.05. The van der Waals surface area contributed by atoms with Crippen LogP contribution in [0.4, 0.5) is 0 Å². The van der Waals surface area contributed by atoms with Gasteiger partial charge in [0.25, 0.3) is 0 Å². The van der Waals surface area contributed by atoms with E-state index in [9.17, 15) is 13.2 Å². The highest BCUT2D eigenvalue weighted by Crippen LogP contribution is 2.31. The van der Waals surface area contributed by atoms with Gasteiger partial charge in [-0.1, -0.05) is 25.3 Å². The van der Waals surface area contributed by atoms with E-state index in [-0.39, 0.29) is 11.3 Å². The van der Waals surface area contributed by atoms with Crippen LogP contribution in [-0.2, 0) is 14.8 Å². The first-order valence-corrected chi connectivity index (χ1v) is 8.44. The van der Waals surface area contributed by atoms with Crippen LogP contribution in [0.25, 0.3) is 0 Å². The van der Waals surface area contributed by atoms with Crippen molar-refractivity contribution in [2.24, 2.45) is 0 Å². The number of carboxylic acids is 1. The van der Waals surface area contributed by atoms with Crippen LogP contribution in [0, 0.1) is 0 Å². The summed E-state index contributed by atoms with van der Waals surface area (Å²) in [4.78, 5) is 10.6. The third kappa shape index (κ3) is 3.36. The summed E-state index contributed by atoms with van der Waals surface area (Å²) in [7, 11) is -3.27. The summed E-state index contributed by atoms with van der Waals surface area (Å²) in [6.45, 7) is 0.521. The van der Waals surface area contributed by atoms with Crippen molar-refractivity contribution in [1.82, 2.24) is 4.31 Å². The van der Waals surface area contributed by atoms with Crippen molar-refractivity contribution < 1.29 is 18.3 Å². The van der Waals surface area contributed by atoms with E-state index in [0.29, 0.717) is 6.54 Å². The van der Waals surface area contributed by atoms with Crippen molar-refractivity contribution in [1.29, 1.82) is 0 Å². The van der Waals surface area contributed by atoms with Gasteiger partial charge in [0, 0.05) is 18.7 Å². The van der Waals surface area contributed by atoms with E-state index >= 15 is 0 Å². The second-order valence-corrected chi connectivity index (χ2v) is 7.49. The number of sulfonamides is 1. The highest BCUT2D eigenvalue weighted by atomic mass is 32.2. The first-order chi connectivity index (χ1) is 9.01. The van der Waals surface area contributed by atoms with Gasteiger partial charge < -0.3 is 5.11 Å². The van der Waals surface area contributed by atoms with Crippen LogP contribution in [0.15, 0.2) is 12.2 Å². The fourth-order valence-electron chi connectivity index (χ4n) is 3.02. The predicted octanol–water partition coefficient (Wildman–Crippen LogP) is 1.75. The molecule has 108 valence electrons. The lowest BCUT2D eigenvalue weighted by Gasteiger charge is -2.29. The molecule has 2 rings (SSSR count). The van der Waals surface area contributed by atoms with Gasteiger partial charge in [-0.3, -0.25) is 0 Å². The van der Waals surface area contributed by atoms with Gasteiger partial charge in [0.1, 0.15) is 0 Å². The molecule has 1 saturated heterocycles. The van der Waals surface area contributed by atoms with Gasteiger partial charge in [-0.25, -0.2) is 13.2 Å². The Bertz CT molecular complexity index is 451. The standard InChI is InChI=1S/C13H21NO4S/c15-13(16)9-8-11-5-4-10-14(11)19(17,18)12-6-2-1-3-7-12/h8-9,11-12H,1-7,10H2,(H,15,16)/b9-8+. The predicted molar refractivity (Wildman–Crippen MR) is 72.3 cm³/mol. The molecule has 0 bridgehead atoms. The number of hydrogen-bond acceptors (Lipinski definition) is 3. The SMILES string of the molecule is O=C(O)/C=C/C1CCCN1S(=O)(=O)C1CCCCC1. The van der Waals surface area contributed by atoms with Crippen LogP contribution < -0.4 is 0 Å². The number of carbonyl (C=O) groups is 1. The Balaban J connectivity index is 2.11. The molecule has 2 fully saturated rings. The largest absolute Gasteiger partial charge is 0.478 e. The molecular weight excluding hydrogens is 266 g/mol. The number of nitrogens with zero attached hydrogens (tertiary/aromatic N) is 1. The molecule has 2 aliphatic rings. The average Bonchev–Trinajstić information content (AvgIpc) is 2.86. The number of aliphatic carboxylic acids is 1. The Kier molecular flexibility index (Phi) is 4.62.